The number of fused-ring (bicyclic) bond motifs is 1. The highest BCUT2D eigenvalue weighted by Gasteiger charge is 2.17. The summed E-state index contributed by atoms with van der Waals surface area (Å²) in [5, 5.41) is 7.10. The lowest BCUT2D eigenvalue weighted by molar-refractivity contribution is 0.0907. The third-order valence-corrected chi connectivity index (χ3v) is 4.64. The van der Waals surface area contributed by atoms with Crippen molar-refractivity contribution in [1.82, 2.24) is 25.0 Å². The third-order valence-electron chi connectivity index (χ3n) is 4.64. The van der Waals surface area contributed by atoms with Crippen LogP contribution in [-0.4, -0.2) is 32.1 Å². The van der Waals surface area contributed by atoms with E-state index in [1.165, 1.54) is 10.9 Å². The first-order chi connectivity index (χ1) is 14.1. The number of rotatable bonds is 6. The van der Waals surface area contributed by atoms with Crippen molar-refractivity contribution in [2.45, 2.75) is 19.4 Å². The summed E-state index contributed by atoms with van der Waals surface area (Å²) < 4.78 is 6.44. The van der Waals surface area contributed by atoms with E-state index in [2.05, 4.69) is 20.4 Å². The van der Waals surface area contributed by atoms with Gasteiger partial charge in [0.2, 0.25) is 0 Å². The number of hydrogen-bond acceptors (Lipinski definition) is 6. The largest absolute Gasteiger partial charge is 0.347 e. The number of hydrogen-bond donors (Lipinski definition) is 1. The van der Waals surface area contributed by atoms with Crippen molar-refractivity contribution in [3.8, 4) is 0 Å². The Morgan fingerprint density at radius 1 is 1.14 bits per heavy atom. The summed E-state index contributed by atoms with van der Waals surface area (Å²) in [5.41, 5.74) is 1.54. The van der Waals surface area contributed by atoms with E-state index in [1.807, 2.05) is 43.3 Å². The van der Waals surface area contributed by atoms with Crippen LogP contribution in [-0.2, 0) is 6.54 Å². The summed E-state index contributed by atoms with van der Waals surface area (Å²) in [6, 6.07) is 17.0. The summed E-state index contributed by atoms with van der Waals surface area (Å²) in [6.07, 6.45) is 1.43. The predicted octanol–water partition coefficient (Wildman–Crippen LogP) is 2.36. The number of amides is 1. The van der Waals surface area contributed by atoms with Crippen LogP contribution in [0.4, 0.5) is 0 Å². The molecule has 8 nitrogen and oxygen atoms in total. The molecule has 0 bridgehead atoms. The molecule has 4 rings (SSSR count). The number of para-hydroxylation sites is 1. The van der Waals surface area contributed by atoms with Gasteiger partial charge in [0.25, 0.3) is 5.56 Å². The Morgan fingerprint density at radius 3 is 2.72 bits per heavy atom. The highest BCUT2D eigenvalue weighted by atomic mass is 16.5. The molecule has 4 aromatic rings. The fourth-order valence-electron chi connectivity index (χ4n) is 3.00. The molecular formula is C21H19N5O3. The van der Waals surface area contributed by atoms with Gasteiger partial charge in [-0.1, -0.05) is 54.5 Å². The maximum Gasteiger partial charge on any atom is 0.316 e. The molecule has 0 radical (unpaired) electrons. The quantitative estimate of drug-likeness (QED) is 0.543. The zero-order chi connectivity index (χ0) is 20.2. The lowest BCUT2D eigenvalue weighted by Crippen LogP contribution is -2.28. The normalized spacial score (nSPS) is 12.0. The molecule has 1 atom stereocenters. The van der Waals surface area contributed by atoms with Crippen LogP contribution in [0.25, 0.3) is 10.9 Å². The standard InChI is InChI=1S/C21H19N5O3/c1-14(15-7-3-2-4-8-15)11-22-19(27)20-24-18(25-29-20)12-26-13-23-17-10-6-5-9-16(17)21(26)28/h2-10,13-14H,11-12H2,1H3,(H,22,27)/t14-/m1/s1. The second kappa shape index (κ2) is 8.05. The lowest BCUT2D eigenvalue weighted by Gasteiger charge is -2.11. The molecule has 0 fully saturated rings. The second-order valence-corrected chi connectivity index (χ2v) is 6.73. The zero-order valence-corrected chi connectivity index (χ0v) is 15.8. The fraction of sp³-hybridized carbons (Fsp3) is 0.190. The molecule has 0 unspecified atom stereocenters. The van der Waals surface area contributed by atoms with Crippen LogP contribution < -0.4 is 10.9 Å². The monoisotopic (exact) mass is 389 g/mol. The predicted molar refractivity (Wildman–Crippen MR) is 107 cm³/mol. The molecule has 1 amide bonds. The lowest BCUT2D eigenvalue weighted by atomic mass is 10.0. The van der Waals surface area contributed by atoms with Gasteiger partial charge >= 0.3 is 11.8 Å². The van der Waals surface area contributed by atoms with Crippen LogP contribution >= 0.6 is 0 Å². The van der Waals surface area contributed by atoms with Crippen molar-refractivity contribution in [2.24, 2.45) is 0 Å². The second-order valence-electron chi connectivity index (χ2n) is 6.73. The number of nitrogens with one attached hydrogen (secondary N) is 1. The van der Waals surface area contributed by atoms with Gasteiger partial charge in [-0.3, -0.25) is 14.2 Å². The molecule has 0 saturated heterocycles. The molecule has 0 saturated carbocycles. The highest BCUT2D eigenvalue weighted by molar-refractivity contribution is 5.89. The van der Waals surface area contributed by atoms with Crippen LogP contribution in [0.1, 0.15) is 34.9 Å². The van der Waals surface area contributed by atoms with Crippen molar-refractivity contribution < 1.29 is 9.32 Å². The Morgan fingerprint density at radius 2 is 1.90 bits per heavy atom. The van der Waals surface area contributed by atoms with Crippen molar-refractivity contribution in [2.75, 3.05) is 6.54 Å². The van der Waals surface area contributed by atoms with E-state index in [-0.39, 0.29) is 29.7 Å². The summed E-state index contributed by atoms with van der Waals surface area (Å²) in [4.78, 5) is 33.2. The van der Waals surface area contributed by atoms with E-state index < -0.39 is 5.91 Å². The molecule has 0 spiro atoms. The minimum absolute atomic E-state index is 0.0634. The average molecular weight is 389 g/mol. The van der Waals surface area contributed by atoms with Crippen molar-refractivity contribution in [3.63, 3.8) is 0 Å². The van der Waals surface area contributed by atoms with E-state index in [0.29, 0.717) is 17.4 Å². The maximum atomic E-state index is 12.5. The fourth-order valence-corrected chi connectivity index (χ4v) is 3.00. The van der Waals surface area contributed by atoms with Gasteiger partial charge in [-0.15, -0.1) is 0 Å². The Hall–Kier alpha value is -3.81. The summed E-state index contributed by atoms with van der Waals surface area (Å²) in [7, 11) is 0. The van der Waals surface area contributed by atoms with E-state index in [9.17, 15) is 9.59 Å². The molecule has 0 aliphatic heterocycles. The van der Waals surface area contributed by atoms with E-state index >= 15 is 0 Å². The average Bonchev–Trinajstić information content (AvgIpc) is 3.23. The number of carbonyl (C=O) groups is 1. The molecule has 0 aliphatic rings. The van der Waals surface area contributed by atoms with Crippen molar-refractivity contribution >= 4 is 16.8 Å². The minimum atomic E-state index is -0.449. The first kappa shape index (κ1) is 18.5. The van der Waals surface area contributed by atoms with Gasteiger partial charge in [-0.2, -0.15) is 4.98 Å². The molecule has 1 N–H and O–H groups in total. The van der Waals surface area contributed by atoms with Crippen molar-refractivity contribution in [1.29, 1.82) is 0 Å². The van der Waals surface area contributed by atoms with Gasteiger partial charge in [0.15, 0.2) is 5.82 Å². The Balaban J connectivity index is 1.42. The molecule has 2 heterocycles. The molecule has 8 heteroatoms. The molecule has 0 aliphatic carbocycles. The molecule has 146 valence electrons. The number of benzene rings is 2. The topological polar surface area (TPSA) is 103 Å². The molecular weight excluding hydrogens is 370 g/mol. The number of aromatic nitrogens is 4. The number of nitrogens with zero attached hydrogens (tertiary/aromatic N) is 4. The Bertz CT molecular complexity index is 1200. The van der Waals surface area contributed by atoms with E-state index in [4.69, 9.17) is 4.52 Å². The summed E-state index contributed by atoms with van der Waals surface area (Å²) in [5.74, 6) is -0.215. The Labute approximate surface area is 166 Å². The SMILES string of the molecule is C[C@H](CNC(=O)c1nc(Cn2cnc3ccccc3c2=O)no1)c1ccccc1. The molecule has 2 aromatic carbocycles. The van der Waals surface area contributed by atoms with Gasteiger partial charge in [-0.05, 0) is 23.6 Å². The summed E-state index contributed by atoms with van der Waals surface area (Å²) >= 11 is 0. The van der Waals surface area contributed by atoms with Gasteiger partial charge < -0.3 is 9.84 Å². The molecule has 2 aromatic heterocycles. The highest BCUT2D eigenvalue weighted by Crippen LogP contribution is 2.13. The Kier molecular flexibility index (Phi) is 5.15. The van der Waals surface area contributed by atoms with E-state index in [0.717, 1.165) is 5.56 Å². The smallest absolute Gasteiger partial charge is 0.316 e. The minimum Gasteiger partial charge on any atom is -0.347 e. The van der Waals surface area contributed by atoms with E-state index in [1.54, 1.807) is 18.2 Å². The van der Waals surface area contributed by atoms with Gasteiger partial charge in [-0.25, -0.2) is 4.98 Å². The van der Waals surface area contributed by atoms with Crippen LogP contribution in [0.2, 0.25) is 0 Å². The van der Waals surface area contributed by atoms with Gasteiger partial charge in [0.05, 0.1) is 23.8 Å². The maximum absolute atomic E-state index is 12.5. The van der Waals surface area contributed by atoms with Gasteiger partial charge in [0.1, 0.15) is 0 Å². The third kappa shape index (κ3) is 4.06. The van der Waals surface area contributed by atoms with Crippen LogP contribution in [0, 0.1) is 0 Å². The van der Waals surface area contributed by atoms with Crippen molar-refractivity contribution in [3.05, 3.63) is 88.6 Å². The number of carbonyl (C=O) groups excluding carboxylic acids is 1. The molecule has 29 heavy (non-hydrogen) atoms. The van der Waals surface area contributed by atoms with Crippen LogP contribution in [0.15, 0.2) is 70.2 Å². The first-order valence-corrected chi connectivity index (χ1v) is 9.22. The zero-order valence-electron chi connectivity index (χ0n) is 15.8. The van der Waals surface area contributed by atoms with Crippen LogP contribution in [0.5, 0.6) is 0 Å². The summed E-state index contributed by atoms with van der Waals surface area (Å²) in [6.45, 7) is 2.52. The van der Waals surface area contributed by atoms with Gasteiger partial charge in [0, 0.05) is 6.54 Å². The first-order valence-electron chi connectivity index (χ1n) is 9.22. The van der Waals surface area contributed by atoms with Crippen LogP contribution in [0.3, 0.4) is 0 Å².